The van der Waals surface area contributed by atoms with Crippen molar-refractivity contribution in [2.75, 3.05) is 19.6 Å². The van der Waals surface area contributed by atoms with E-state index in [1.807, 2.05) is 9.80 Å². The molecule has 1 aliphatic carbocycles. The molecular formula is C15H25N3O2. The number of carbonyl (C=O) groups excluding carboxylic acids is 2. The predicted octanol–water partition coefficient (Wildman–Crippen LogP) is 0.583. The lowest BCUT2D eigenvalue weighted by molar-refractivity contribution is -0.143. The van der Waals surface area contributed by atoms with Crippen LogP contribution in [0.15, 0.2) is 0 Å². The highest BCUT2D eigenvalue weighted by Gasteiger charge is 2.39. The number of carbonyl (C=O) groups is 2. The zero-order chi connectivity index (χ0) is 14.3. The Hall–Kier alpha value is -1.10. The molecule has 5 nitrogen and oxygen atoms in total. The molecule has 112 valence electrons. The maximum Gasteiger partial charge on any atom is 0.225 e. The first-order chi connectivity index (χ1) is 9.56. The Morgan fingerprint density at radius 2 is 2.05 bits per heavy atom. The molecule has 3 fully saturated rings. The van der Waals surface area contributed by atoms with E-state index in [0.29, 0.717) is 24.8 Å². The Kier molecular flexibility index (Phi) is 3.71. The van der Waals surface area contributed by atoms with Crippen molar-refractivity contribution < 1.29 is 9.59 Å². The van der Waals surface area contributed by atoms with Crippen LogP contribution in [0.5, 0.6) is 0 Å². The minimum Gasteiger partial charge on any atom is -0.339 e. The van der Waals surface area contributed by atoms with Gasteiger partial charge in [-0.3, -0.25) is 9.59 Å². The molecule has 2 saturated heterocycles. The zero-order valence-electron chi connectivity index (χ0n) is 12.3. The van der Waals surface area contributed by atoms with Crippen molar-refractivity contribution in [3.63, 3.8) is 0 Å². The molecule has 0 aromatic heterocycles. The third-order valence-electron chi connectivity index (χ3n) is 5.39. The number of hydrogen-bond acceptors (Lipinski definition) is 3. The summed E-state index contributed by atoms with van der Waals surface area (Å²) in [6.45, 7) is 4.31. The van der Waals surface area contributed by atoms with Gasteiger partial charge in [-0.15, -0.1) is 0 Å². The van der Waals surface area contributed by atoms with Gasteiger partial charge in [-0.05, 0) is 31.6 Å². The minimum absolute atomic E-state index is 0.147. The molecule has 0 aromatic carbocycles. The molecule has 2 heterocycles. The van der Waals surface area contributed by atoms with Gasteiger partial charge in [0.05, 0.1) is 0 Å². The molecule has 0 bridgehead atoms. The molecular weight excluding hydrogens is 254 g/mol. The molecule has 2 N–H and O–H groups in total. The summed E-state index contributed by atoms with van der Waals surface area (Å²) in [5, 5.41) is 0. The molecule has 3 rings (SSSR count). The van der Waals surface area contributed by atoms with Crippen LogP contribution in [0.3, 0.4) is 0 Å². The first-order valence-corrected chi connectivity index (χ1v) is 7.90. The van der Waals surface area contributed by atoms with Crippen LogP contribution in [0.25, 0.3) is 0 Å². The Morgan fingerprint density at radius 3 is 2.80 bits per heavy atom. The fraction of sp³-hybridized carbons (Fsp3) is 0.867. The number of nitrogens with two attached hydrogens (primary N) is 1. The van der Waals surface area contributed by atoms with Gasteiger partial charge in [0, 0.05) is 44.1 Å². The third-order valence-corrected chi connectivity index (χ3v) is 5.39. The Balaban J connectivity index is 1.60. The molecule has 3 aliphatic rings. The molecule has 1 saturated carbocycles. The first-order valence-electron chi connectivity index (χ1n) is 7.90. The maximum atomic E-state index is 12.7. The highest BCUT2D eigenvalue weighted by atomic mass is 16.2. The first kappa shape index (κ1) is 13.9. The van der Waals surface area contributed by atoms with Crippen LogP contribution in [-0.4, -0.2) is 53.3 Å². The van der Waals surface area contributed by atoms with Gasteiger partial charge in [-0.25, -0.2) is 0 Å². The van der Waals surface area contributed by atoms with Gasteiger partial charge in [-0.1, -0.05) is 6.92 Å². The van der Waals surface area contributed by atoms with Gasteiger partial charge < -0.3 is 15.5 Å². The standard InChI is InChI=1S/C15H25N3O2/c1-10-8-11(2-4-13(10)16)15(20)17-6-7-18-12(9-17)3-5-14(18)19/h10-13H,2-9,16H2,1H3. The summed E-state index contributed by atoms with van der Waals surface area (Å²) in [4.78, 5) is 28.3. The summed E-state index contributed by atoms with van der Waals surface area (Å²) < 4.78 is 0. The molecule has 2 aliphatic heterocycles. The van der Waals surface area contributed by atoms with Gasteiger partial charge in [0.25, 0.3) is 0 Å². The van der Waals surface area contributed by atoms with E-state index in [-0.39, 0.29) is 23.9 Å². The van der Waals surface area contributed by atoms with Crippen LogP contribution in [0.2, 0.25) is 0 Å². The lowest BCUT2D eigenvalue weighted by Crippen LogP contribution is -2.55. The Bertz CT molecular complexity index is 412. The van der Waals surface area contributed by atoms with Crippen molar-refractivity contribution in [2.24, 2.45) is 17.6 Å². The Morgan fingerprint density at radius 1 is 1.25 bits per heavy atom. The van der Waals surface area contributed by atoms with Crippen molar-refractivity contribution in [1.82, 2.24) is 9.80 Å². The van der Waals surface area contributed by atoms with E-state index < -0.39 is 0 Å². The van der Waals surface area contributed by atoms with Crippen molar-refractivity contribution in [3.8, 4) is 0 Å². The molecule has 5 heteroatoms. The summed E-state index contributed by atoms with van der Waals surface area (Å²) in [5.41, 5.74) is 6.04. The van der Waals surface area contributed by atoms with E-state index in [4.69, 9.17) is 5.73 Å². The molecule has 2 amide bonds. The second-order valence-corrected chi connectivity index (χ2v) is 6.71. The van der Waals surface area contributed by atoms with Crippen LogP contribution in [0.4, 0.5) is 0 Å². The molecule has 20 heavy (non-hydrogen) atoms. The molecule has 4 unspecified atom stereocenters. The van der Waals surface area contributed by atoms with E-state index in [9.17, 15) is 9.59 Å². The third kappa shape index (κ3) is 2.43. The minimum atomic E-state index is 0.147. The smallest absolute Gasteiger partial charge is 0.225 e. The van der Waals surface area contributed by atoms with Crippen LogP contribution in [0, 0.1) is 11.8 Å². The average molecular weight is 279 g/mol. The van der Waals surface area contributed by atoms with Crippen molar-refractivity contribution >= 4 is 11.8 Å². The highest BCUT2D eigenvalue weighted by Crippen LogP contribution is 2.31. The summed E-state index contributed by atoms with van der Waals surface area (Å²) in [5.74, 6) is 1.14. The summed E-state index contributed by atoms with van der Waals surface area (Å²) in [6.07, 6.45) is 4.37. The Labute approximate surface area is 120 Å². The molecule has 0 spiro atoms. The van der Waals surface area contributed by atoms with E-state index in [1.165, 1.54) is 0 Å². The van der Waals surface area contributed by atoms with Gasteiger partial charge in [0.1, 0.15) is 0 Å². The lowest BCUT2D eigenvalue weighted by atomic mass is 9.78. The number of rotatable bonds is 1. The summed E-state index contributed by atoms with van der Waals surface area (Å²) in [6, 6.07) is 0.520. The van der Waals surface area contributed by atoms with Crippen LogP contribution < -0.4 is 5.73 Å². The molecule has 0 radical (unpaired) electrons. The number of nitrogens with zero attached hydrogens (tertiary/aromatic N) is 2. The van der Waals surface area contributed by atoms with Crippen LogP contribution in [0.1, 0.15) is 39.0 Å². The predicted molar refractivity (Wildman–Crippen MR) is 75.8 cm³/mol. The average Bonchev–Trinajstić information content (AvgIpc) is 2.82. The topological polar surface area (TPSA) is 66.6 Å². The lowest BCUT2D eigenvalue weighted by Gasteiger charge is -2.40. The van der Waals surface area contributed by atoms with E-state index in [0.717, 1.165) is 38.8 Å². The summed E-state index contributed by atoms with van der Waals surface area (Å²) in [7, 11) is 0. The van der Waals surface area contributed by atoms with E-state index in [1.54, 1.807) is 0 Å². The zero-order valence-corrected chi connectivity index (χ0v) is 12.3. The second kappa shape index (κ2) is 5.35. The number of amides is 2. The fourth-order valence-corrected chi connectivity index (χ4v) is 3.97. The maximum absolute atomic E-state index is 12.7. The highest BCUT2D eigenvalue weighted by molar-refractivity contribution is 5.81. The molecule has 0 aromatic rings. The quantitative estimate of drug-likeness (QED) is 0.763. The SMILES string of the molecule is CC1CC(C(=O)N2CCN3C(=O)CCC3C2)CCC1N. The normalized spacial score (nSPS) is 38.0. The number of piperazine rings is 1. The number of fused-ring (bicyclic) bond motifs is 1. The van der Waals surface area contributed by atoms with Crippen molar-refractivity contribution in [3.05, 3.63) is 0 Å². The largest absolute Gasteiger partial charge is 0.339 e. The van der Waals surface area contributed by atoms with Crippen LogP contribution in [-0.2, 0) is 9.59 Å². The van der Waals surface area contributed by atoms with Crippen LogP contribution >= 0.6 is 0 Å². The van der Waals surface area contributed by atoms with E-state index >= 15 is 0 Å². The van der Waals surface area contributed by atoms with Gasteiger partial charge >= 0.3 is 0 Å². The van der Waals surface area contributed by atoms with E-state index in [2.05, 4.69) is 6.92 Å². The van der Waals surface area contributed by atoms with Gasteiger partial charge in [0.2, 0.25) is 11.8 Å². The number of hydrogen-bond donors (Lipinski definition) is 1. The van der Waals surface area contributed by atoms with Gasteiger partial charge in [-0.2, -0.15) is 0 Å². The molecule has 4 atom stereocenters. The monoisotopic (exact) mass is 279 g/mol. The van der Waals surface area contributed by atoms with Gasteiger partial charge in [0.15, 0.2) is 0 Å². The summed E-state index contributed by atoms with van der Waals surface area (Å²) >= 11 is 0. The van der Waals surface area contributed by atoms with Crippen molar-refractivity contribution in [1.29, 1.82) is 0 Å². The fourth-order valence-electron chi connectivity index (χ4n) is 3.97. The second-order valence-electron chi connectivity index (χ2n) is 6.71. The van der Waals surface area contributed by atoms with Crippen molar-refractivity contribution in [2.45, 2.75) is 51.1 Å².